The van der Waals surface area contributed by atoms with Crippen molar-refractivity contribution in [3.63, 3.8) is 0 Å². The van der Waals surface area contributed by atoms with Gasteiger partial charge in [0.05, 0.1) is 7.11 Å². The van der Waals surface area contributed by atoms with Crippen molar-refractivity contribution in [2.24, 2.45) is 13.0 Å². The Kier molecular flexibility index (Phi) is 4.48. The average Bonchev–Trinajstić information content (AvgIpc) is 3.24. The third-order valence-corrected chi connectivity index (χ3v) is 5.15. The number of nitrogens with zero attached hydrogens (tertiary/aromatic N) is 4. The minimum atomic E-state index is 0.287. The maximum Gasteiger partial charge on any atom is 0.231 e. The van der Waals surface area contributed by atoms with Crippen LogP contribution in [0.25, 0.3) is 0 Å². The number of likely N-dealkylation sites (tertiary alicyclic amines) is 1. The highest BCUT2D eigenvalue weighted by atomic mass is 16.7. The van der Waals surface area contributed by atoms with E-state index in [9.17, 15) is 0 Å². The first-order valence-corrected chi connectivity index (χ1v) is 8.74. The fraction of sp³-hybridized carbons (Fsp3) is 0.556. The van der Waals surface area contributed by atoms with Gasteiger partial charge in [-0.3, -0.25) is 4.90 Å². The van der Waals surface area contributed by atoms with E-state index in [-0.39, 0.29) is 6.79 Å². The molecule has 1 saturated heterocycles. The van der Waals surface area contributed by atoms with E-state index >= 15 is 0 Å². The van der Waals surface area contributed by atoms with Crippen LogP contribution in [0, 0.1) is 5.92 Å². The molecule has 1 aromatic carbocycles. The number of methoxy groups -OCH3 is 1. The molecule has 7 heteroatoms. The smallest absolute Gasteiger partial charge is 0.231 e. The number of fused-ring (bicyclic) bond motifs is 1. The van der Waals surface area contributed by atoms with Crippen LogP contribution in [0.3, 0.4) is 0 Å². The Morgan fingerprint density at radius 2 is 1.96 bits per heavy atom. The molecule has 0 unspecified atom stereocenters. The van der Waals surface area contributed by atoms with Gasteiger partial charge in [0.25, 0.3) is 0 Å². The maximum absolute atomic E-state index is 5.54. The third-order valence-electron chi connectivity index (χ3n) is 5.15. The van der Waals surface area contributed by atoms with Crippen molar-refractivity contribution in [3.8, 4) is 17.2 Å². The summed E-state index contributed by atoms with van der Waals surface area (Å²) < 4.78 is 18.5. The summed E-state index contributed by atoms with van der Waals surface area (Å²) in [6.07, 6.45) is 5.15. The van der Waals surface area contributed by atoms with Crippen molar-refractivity contribution in [2.75, 3.05) is 27.0 Å². The molecule has 0 aliphatic carbocycles. The molecule has 0 radical (unpaired) electrons. The lowest BCUT2D eigenvalue weighted by Gasteiger charge is -2.32. The zero-order valence-electron chi connectivity index (χ0n) is 14.8. The molecule has 1 aromatic heterocycles. The van der Waals surface area contributed by atoms with Gasteiger partial charge in [0.15, 0.2) is 11.5 Å². The number of ether oxygens (including phenoxy) is 3. The first kappa shape index (κ1) is 16.2. The number of aryl methyl sites for hydroxylation is 1. The lowest BCUT2D eigenvalue weighted by molar-refractivity contribution is 0.172. The summed E-state index contributed by atoms with van der Waals surface area (Å²) in [6, 6.07) is 3.98. The molecule has 0 bridgehead atoms. The third kappa shape index (κ3) is 3.42. The molecule has 3 heterocycles. The predicted molar refractivity (Wildman–Crippen MR) is 91.8 cm³/mol. The van der Waals surface area contributed by atoms with Crippen LogP contribution in [0.2, 0.25) is 0 Å². The molecular weight excluding hydrogens is 320 g/mol. The Labute approximate surface area is 147 Å². The zero-order valence-corrected chi connectivity index (χ0v) is 14.8. The summed E-state index contributed by atoms with van der Waals surface area (Å²) in [7, 11) is 3.71. The molecule has 4 rings (SSSR count). The fourth-order valence-corrected chi connectivity index (χ4v) is 3.62. The van der Waals surface area contributed by atoms with Crippen LogP contribution in [0.4, 0.5) is 0 Å². The first-order chi connectivity index (χ1) is 12.2. The Morgan fingerprint density at radius 3 is 2.64 bits per heavy atom. The molecule has 2 aromatic rings. The van der Waals surface area contributed by atoms with E-state index in [0.29, 0.717) is 5.92 Å². The lowest BCUT2D eigenvalue weighted by Crippen LogP contribution is -2.34. The van der Waals surface area contributed by atoms with Crippen LogP contribution in [0.5, 0.6) is 17.2 Å². The van der Waals surface area contributed by atoms with Crippen molar-refractivity contribution in [1.82, 2.24) is 19.7 Å². The van der Waals surface area contributed by atoms with Crippen LogP contribution >= 0.6 is 0 Å². The second-order valence-electron chi connectivity index (χ2n) is 6.80. The van der Waals surface area contributed by atoms with Gasteiger partial charge in [-0.2, -0.15) is 0 Å². The number of aromatic nitrogens is 3. The highest BCUT2D eigenvalue weighted by Gasteiger charge is 2.23. The van der Waals surface area contributed by atoms with Crippen LogP contribution in [-0.2, 0) is 20.0 Å². The van der Waals surface area contributed by atoms with Gasteiger partial charge >= 0.3 is 0 Å². The molecule has 0 saturated carbocycles. The summed E-state index contributed by atoms with van der Waals surface area (Å²) in [5.41, 5.74) is 1.15. The van der Waals surface area contributed by atoms with E-state index in [1.165, 1.54) is 12.8 Å². The molecule has 2 aliphatic rings. The van der Waals surface area contributed by atoms with Crippen LogP contribution in [0.1, 0.15) is 24.2 Å². The molecule has 1 fully saturated rings. The normalized spacial score (nSPS) is 17.8. The molecular formula is C18H24N4O3. The number of piperidine rings is 1. The van der Waals surface area contributed by atoms with Crippen LogP contribution in [0.15, 0.2) is 18.5 Å². The van der Waals surface area contributed by atoms with Crippen LogP contribution < -0.4 is 14.2 Å². The summed E-state index contributed by atoms with van der Waals surface area (Å²) in [6.45, 7) is 3.33. The van der Waals surface area contributed by atoms with Gasteiger partial charge in [-0.05, 0) is 37.9 Å². The second-order valence-corrected chi connectivity index (χ2v) is 6.80. The van der Waals surface area contributed by atoms with E-state index in [2.05, 4.69) is 15.1 Å². The van der Waals surface area contributed by atoms with E-state index in [1.807, 2.05) is 23.7 Å². The minimum absolute atomic E-state index is 0.287. The monoisotopic (exact) mass is 344 g/mol. The van der Waals surface area contributed by atoms with Gasteiger partial charge in [0, 0.05) is 31.6 Å². The van der Waals surface area contributed by atoms with Gasteiger partial charge in [0.1, 0.15) is 17.9 Å². The standard InChI is InChI=1S/C18H24N4O3/c1-21-11-19-20-18(21)7-13-3-5-22(6-4-13)10-14-8-16-17(25-12-24-16)9-15(14)23-2/h8-9,11,13H,3-7,10,12H2,1-2H3. The van der Waals surface area contributed by atoms with E-state index < -0.39 is 0 Å². The molecule has 0 spiro atoms. The average molecular weight is 344 g/mol. The van der Waals surface area contributed by atoms with E-state index in [4.69, 9.17) is 14.2 Å². The van der Waals surface area contributed by atoms with Crippen LogP contribution in [-0.4, -0.2) is 46.7 Å². The molecule has 0 atom stereocenters. The fourth-order valence-electron chi connectivity index (χ4n) is 3.62. The van der Waals surface area contributed by atoms with Gasteiger partial charge in [-0.1, -0.05) is 0 Å². The molecule has 0 N–H and O–H groups in total. The van der Waals surface area contributed by atoms with Crippen molar-refractivity contribution < 1.29 is 14.2 Å². The van der Waals surface area contributed by atoms with E-state index in [0.717, 1.165) is 54.7 Å². The Morgan fingerprint density at radius 1 is 1.20 bits per heavy atom. The highest BCUT2D eigenvalue weighted by molar-refractivity contribution is 5.51. The Bertz CT molecular complexity index is 738. The molecule has 7 nitrogen and oxygen atoms in total. The van der Waals surface area contributed by atoms with Crippen molar-refractivity contribution in [2.45, 2.75) is 25.8 Å². The largest absolute Gasteiger partial charge is 0.496 e. The Balaban J connectivity index is 1.36. The van der Waals surface area contributed by atoms with Crippen molar-refractivity contribution in [1.29, 1.82) is 0 Å². The first-order valence-electron chi connectivity index (χ1n) is 8.74. The highest BCUT2D eigenvalue weighted by Crippen LogP contribution is 2.38. The summed E-state index contributed by atoms with van der Waals surface area (Å²) in [4.78, 5) is 2.48. The number of hydrogen-bond acceptors (Lipinski definition) is 6. The maximum atomic E-state index is 5.54. The zero-order chi connectivity index (χ0) is 17.2. The van der Waals surface area contributed by atoms with Gasteiger partial charge < -0.3 is 18.8 Å². The summed E-state index contributed by atoms with van der Waals surface area (Å²) in [5.74, 6) is 4.20. The lowest BCUT2D eigenvalue weighted by atomic mass is 9.93. The topological polar surface area (TPSA) is 61.6 Å². The van der Waals surface area contributed by atoms with Crippen molar-refractivity contribution in [3.05, 3.63) is 29.8 Å². The summed E-state index contributed by atoms with van der Waals surface area (Å²) >= 11 is 0. The quantitative estimate of drug-likeness (QED) is 0.827. The predicted octanol–water partition coefficient (Wildman–Crippen LogP) is 2.01. The SMILES string of the molecule is COc1cc2c(cc1CN1CCC(Cc3nncn3C)CC1)OCO2. The number of benzene rings is 1. The second kappa shape index (κ2) is 6.92. The number of hydrogen-bond donors (Lipinski definition) is 0. The summed E-state index contributed by atoms with van der Waals surface area (Å²) in [5, 5.41) is 8.18. The van der Waals surface area contributed by atoms with Gasteiger partial charge in [-0.25, -0.2) is 0 Å². The molecule has 2 aliphatic heterocycles. The molecule has 25 heavy (non-hydrogen) atoms. The minimum Gasteiger partial charge on any atom is -0.496 e. The number of rotatable bonds is 5. The van der Waals surface area contributed by atoms with E-state index in [1.54, 1.807) is 13.4 Å². The Hall–Kier alpha value is -2.28. The van der Waals surface area contributed by atoms with Gasteiger partial charge in [-0.15, -0.1) is 10.2 Å². The van der Waals surface area contributed by atoms with Crippen molar-refractivity contribution >= 4 is 0 Å². The van der Waals surface area contributed by atoms with Gasteiger partial charge in [0.2, 0.25) is 6.79 Å². The molecule has 0 amide bonds. The molecule has 134 valence electrons.